The summed E-state index contributed by atoms with van der Waals surface area (Å²) in [5, 5.41) is 11.7. The van der Waals surface area contributed by atoms with Gasteiger partial charge in [-0.1, -0.05) is 13.8 Å². The standard InChI is InChI=1S/C14H26N2O4/c1-10(2)6-11(7-13(17)18)8-15-14(19)16-5-4-12(9-16)20-3/h10-12H,4-9H2,1-3H3,(H,15,19)(H,17,18). The normalized spacial score (nSPS) is 20.2. The minimum Gasteiger partial charge on any atom is -0.481 e. The number of amides is 2. The van der Waals surface area contributed by atoms with Crippen LogP contribution in [0.4, 0.5) is 4.79 Å². The van der Waals surface area contributed by atoms with Crippen molar-refractivity contribution in [3.8, 4) is 0 Å². The molecule has 116 valence electrons. The average Bonchev–Trinajstić information content (AvgIpc) is 2.83. The SMILES string of the molecule is COC1CCN(C(=O)NCC(CC(=O)O)CC(C)C)C1. The molecule has 20 heavy (non-hydrogen) atoms. The van der Waals surface area contributed by atoms with Crippen molar-refractivity contribution < 1.29 is 19.4 Å². The fourth-order valence-corrected chi connectivity index (χ4v) is 2.60. The van der Waals surface area contributed by atoms with E-state index in [0.717, 1.165) is 12.8 Å². The Balaban J connectivity index is 2.38. The number of hydrogen-bond donors (Lipinski definition) is 2. The third kappa shape index (κ3) is 5.77. The molecule has 0 aromatic heterocycles. The molecule has 2 N–H and O–H groups in total. The van der Waals surface area contributed by atoms with Crippen molar-refractivity contribution in [1.82, 2.24) is 10.2 Å². The molecule has 2 atom stereocenters. The lowest BCUT2D eigenvalue weighted by atomic mass is 9.94. The zero-order chi connectivity index (χ0) is 15.1. The van der Waals surface area contributed by atoms with Gasteiger partial charge in [0.25, 0.3) is 0 Å². The van der Waals surface area contributed by atoms with Crippen LogP contribution >= 0.6 is 0 Å². The highest BCUT2D eigenvalue weighted by Gasteiger charge is 2.26. The predicted octanol–water partition coefficient (Wildman–Crippen LogP) is 1.55. The second-order valence-corrected chi connectivity index (χ2v) is 5.87. The number of nitrogens with one attached hydrogen (secondary N) is 1. The second kappa shape index (κ2) is 8.09. The van der Waals surface area contributed by atoms with Crippen LogP contribution in [0, 0.1) is 11.8 Å². The molecule has 1 aliphatic rings. The third-order valence-electron chi connectivity index (χ3n) is 3.58. The third-order valence-corrected chi connectivity index (χ3v) is 3.58. The van der Waals surface area contributed by atoms with Gasteiger partial charge in [-0.3, -0.25) is 4.79 Å². The van der Waals surface area contributed by atoms with E-state index < -0.39 is 5.97 Å². The van der Waals surface area contributed by atoms with Gasteiger partial charge in [0.05, 0.1) is 6.10 Å². The van der Waals surface area contributed by atoms with Crippen molar-refractivity contribution in [3.63, 3.8) is 0 Å². The van der Waals surface area contributed by atoms with Gasteiger partial charge in [0.1, 0.15) is 0 Å². The van der Waals surface area contributed by atoms with Crippen LogP contribution in [0.15, 0.2) is 0 Å². The largest absolute Gasteiger partial charge is 0.481 e. The van der Waals surface area contributed by atoms with Crippen LogP contribution in [0.3, 0.4) is 0 Å². The summed E-state index contributed by atoms with van der Waals surface area (Å²) in [5.74, 6) is -0.413. The first-order valence-electron chi connectivity index (χ1n) is 7.19. The van der Waals surface area contributed by atoms with E-state index in [-0.39, 0.29) is 24.5 Å². The molecule has 0 aliphatic carbocycles. The summed E-state index contributed by atoms with van der Waals surface area (Å²) >= 11 is 0. The number of urea groups is 1. The maximum absolute atomic E-state index is 12.0. The van der Waals surface area contributed by atoms with Crippen molar-refractivity contribution >= 4 is 12.0 Å². The van der Waals surface area contributed by atoms with Crippen LogP contribution in [-0.4, -0.2) is 54.9 Å². The minimum absolute atomic E-state index is 0.0164. The van der Waals surface area contributed by atoms with E-state index in [2.05, 4.69) is 19.2 Å². The molecule has 2 amide bonds. The molecule has 0 radical (unpaired) electrons. The Hall–Kier alpha value is -1.30. The number of nitrogens with zero attached hydrogens (tertiary/aromatic N) is 1. The number of carbonyl (C=O) groups excluding carboxylic acids is 1. The zero-order valence-corrected chi connectivity index (χ0v) is 12.6. The summed E-state index contributed by atoms with van der Waals surface area (Å²) in [6.45, 7) is 5.83. The Morgan fingerprint density at radius 2 is 2.15 bits per heavy atom. The Labute approximate surface area is 120 Å². The summed E-state index contributed by atoms with van der Waals surface area (Å²) in [7, 11) is 1.65. The van der Waals surface area contributed by atoms with E-state index in [1.54, 1.807) is 12.0 Å². The minimum atomic E-state index is -0.814. The maximum Gasteiger partial charge on any atom is 0.317 e. The van der Waals surface area contributed by atoms with E-state index in [4.69, 9.17) is 9.84 Å². The number of ether oxygens (including phenoxy) is 1. The number of aliphatic carboxylic acids is 1. The molecule has 0 spiro atoms. The van der Waals surface area contributed by atoms with Gasteiger partial charge in [-0.25, -0.2) is 4.79 Å². The van der Waals surface area contributed by atoms with Crippen molar-refractivity contribution in [2.24, 2.45) is 11.8 Å². The lowest BCUT2D eigenvalue weighted by Gasteiger charge is -2.21. The molecule has 0 aromatic carbocycles. The van der Waals surface area contributed by atoms with Gasteiger partial charge in [-0.2, -0.15) is 0 Å². The lowest BCUT2D eigenvalue weighted by Crippen LogP contribution is -2.41. The van der Waals surface area contributed by atoms with Gasteiger partial charge in [0, 0.05) is 33.2 Å². The lowest BCUT2D eigenvalue weighted by molar-refractivity contribution is -0.138. The molecule has 6 nitrogen and oxygen atoms in total. The molecule has 1 fully saturated rings. The van der Waals surface area contributed by atoms with Gasteiger partial charge < -0.3 is 20.1 Å². The molecule has 1 rings (SSSR count). The Morgan fingerprint density at radius 1 is 1.45 bits per heavy atom. The first-order chi connectivity index (χ1) is 9.42. The summed E-state index contributed by atoms with van der Waals surface area (Å²) in [6.07, 6.45) is 1.87. The monoisotopic (exact) mass is 286 g/mol. The Kier molecular flexibility index (Phi) is 6.78. The molecular weight excluding hydrogens is 260 g/mol. The van der Waals surface area contributed by atoms with E-state index >= 15 is 0 Å². The Morgan fingerprint density at radius 3 is 2.65 bits per heavy atom. The predicted molar refractivity (Wildman–Crippen MR) is 75.6 cm³/mol. The molecule has 2 unspecified atom stereocenters. The number of likely N-dealkylation sites (tertiary alicyclic amines) is 1. The summed E-state index contributed by atoms with van der Waals surface area (Å²) in [5.41, 5.74) is 0. The maximum atomic E-state index is 12.0. The molecule has 1 heterocycles. The number of rotatable bonds is 7. The van der Waals surface area contributed by atoms with Crippen LogP contribution < -0.4 is 5.32 Å². The fourth-order valence-electron chi connectivity index (χ4n) is 2.60. The molecule has 0 aromatic rings. The smallest absolute Gasteiger partial charge is 0.317 e. The number of carboxylic acids is 1. The van der Waals surface area contributed by atoms with Crippen LogP contribution in [0.2, 0.25) is 0 Å². The highest BCUT2D eigenvalue weighted by Crippen LogP contribution is 2.16. The summed E-state index contributed by atoms with van der Waals surface area (Å²) in [6, 6.07) is -0.122. The van der Waals surface area contributed by atoms with Crippen LogP contribution in [0.25, 0.3) is 0 Å². The van der Waals surface area contributed by atoms with E-state index in [1.807, 2.05) is 0 Å². The van der Waals surface area contributed by atoms with E-state index in [0.29, 0.717) is 25.6 Å². The van der Waals surface area contributed by atoms with Crippen LogP contribution in [0.1, 0.15) is 33.1 Å². The van der Waals surface area contributed by atoms with Crippen LogP contribution in [0.5, 0.6) is 0 Å². The first kappa shape index (κ1) is 16.8. The first-order valence-corrected chi connectivity index (χ1v) is 7.19. The molecule has 1 saturated heterocycles. The van der Waals surface area contributed by atoms with Crippen molar-refractivity contribution in [2.75, 3.05) is 26.7 Å². The average molecular weight is 286 g/mol. The molecule has 0 saturated carbocycles. The van der Waals surface area contributed by atoms with Gasteiger partial charge in [0.2, 0.25) is 0 Å². The number of carbonyl (C=O) groups is 2. The van der Waals surface area contributed by atoms with Gasteiger partial charge in [0.15, 0.2) is 0 Å². The van der Waals surface area contributed by atoms with Crippen molar-refractivity contribution in [3.05, 3.63) is 0 Å². The van der Waals surface area contributed by atoms with Gasteiger partial charge >= 0.3 is 12.0 Å². The number of hydrogen-bond acceptors (Lipinski definition) is 3. The molecule has 1 aliphatic heterocycles. The molecule has 6 heteroatoms. The quantitative estimate of drug-likeness (QED) is 0.744. The fraction of sp³-hybridized carbons (Fsp3) is 0.857. The molecular formula is C14H26N2O4. The highest BCUT2D eigenvalue weighted by molar-refractivity contribution is 5.74. The topological polar surface area (TPSA) is 78.9 Å². The summed E-state index contributed by atoms with van der Waals surface area (Å²) in [4.78, 5) is 24.6. The van der Waals surface area contributed by atoms with Crippen LogP contribution in [-0.2, 0) is 9.53 Å². The summed E-state index contributed by atoms with van der Waals surface area (Å²) < 4.78 is 5.22. The number of methoxy groups -OCH3 is 1. The second-order valence-electron chi connectivity index (χ2n) is 5.87. The number of carboxylic acid groups (broad SMARTS) is 1. The zero-order valence-electron chi connectivity index (χ0n) is 12.6. The van der Waals surface area contributed by atoms with Gasteiger partial charge in [-0.15, -0.1) is 0 Å². The van der Waals surface area contributed by atoms with Gasteiger partial charge in [-0.05, 0) is 24.7 Å². The highest BCUT2D eigenvalue weighted by atomic mass is 16.5. The molecule has 0 bridgehead atoms. The van der Waals surface area contributed by atoms with Crippen molar-refractivity contribution in [2.45, 2.75) is 39.2 Å². The van der Waals surface area contributed by atoms with E-state index in [1.165, 1.54) is 0 Å². The van der Waals surface area contributed by atoms with E-state index in [9.17, 15) is 9.59 Å². The van der Waals surface area contributed by atoms with Crippen molar-refractivity contribution in [1.29, 1.82) is 0 Å². The Bertz CT molecular complexity index is 333.